The van der Waals surface area contributed by atoms with Gasteiger partial charge in [0, 0.05) is 44.8 Å². The van der Waals surface area contributed by atoms with Crippen LogP contribution in [-0.4, -0.2) is 76.0 Å². The number of rotatable bonds is 8. The van der Waals surface area contributed by atoms with Gasteiger partial charge in [0.2, 0.25) is 10.0 Å². The second kappa shape index (κ2) is 11.2. The molecule has 1 aliphatic heterocycles. The predicted octanol–water partition coefficient (Wildman–Crippen LogP) is 1.85. The first-order valence-corrected chi connectivity index (χ1v) is 10.6. The third kappa shape index (κ3) is 6.30. The van der Waals surface area contributed by atoms with Crippen molar-refractivity contribution < 1.29 is 17.9 Å². The Morgan fingerprint density at radius 2 is 1.89 bits per heavy atom. The van der Waals surface area contributed by atoms with Gasteiger partial charge in [0.05, 0.1) is 18.2 Å². The van der Waals surface area contributed by atoms with Crippen LogP contribution in [-0.2, 0) is 14.8 Å². The first kappa shape index (κ1) is 24.1. The fraction of sp³-hybridized carbons (Fsp3) is 0.588. The van der Waals surface area contributed by atoms with Crippen molar-refractivity contribution in [2.24, 2.45) is 0 Å². The van der Waals surface area contributed by atoms with Crippen LogP contribution in [0.2, 0.25) is 5.02 Å². The molecule has 0 unspecified atom stereocenters. The molecule has 0 bridgehead atoms. The van der Waals surface area contributed by atoms with E-state index in [1.54, 1.807) is 13.8 Å². The van der Waals surface area contributed by atoms with Crippen molar-refractivity contribution in [3.8, 4) is 0 Å². The number of amides is 1. The Labute approximate surface area is 172 Å². The van der Waals surface area contributed by atoms with Gasteiger partial charge < -0.3 is 10.1 Å². The van der Waals surface area contributed by atoms with E-state index < -0.39 is 10.0 Å². The highest BCUT2D eigenvalue weighted by Crippen LogP contribution is 2.25. The molecular formula is C17H27Cl2N3O4S. The van der Waals surface area contributed by atoms with Gasteiger partial charge in [-0.3, -0.25) is 9.69 Å². The Morgan fingerprint density at radius 1 is 1.26 bits per heavy atom. The van der Waals surface area contributed by atoms with Crippen molar-refractivity contribution in [3.05, 3.63) is 28.8 Å². The largest absolute Gasteiger partial charge is 0.379 e. The maximum Gasteiger partial charge on any atom is 0.251 e. The molecule has 2 rings (SSSR count). The lowest BCUT2D eigenvalue weighted by Crippen LogP contribution is -2.41. The number of carbonyl (C=O) groups excluding carboxylic acids is 1. The molecule has 1 aromatic carbocycles. The van der Waals surface area contributed by atoms with Gasteiger partial charge in [-0.15, -0.1) is 12.4 Å². The summed E-state index contributed by atoms with van der Waals surface area (Å²) in [7, 11) is -3.73. The predicted molar refractivity (Wildman–Crippen MR) is 108 cm³/mol. The topological polar surface area (TPSA) is 79.0 Å². The molecule has 154 valence electrons. The average molecular weight is 440 g/mol. The highest BCUT2D eigenvalue weighted by Gasteiger charge is 2.25. The van der Waals surface area contributed by atoms with Gasteiger partial charge in [0.25, 0.3) is 5.91 Å². The van der Waals surface area contributed by atoms with E-state index in [2.05, 4.69) is 10.2 Å². The smallest absolute Gasteiger partial charge is 0.251 e. The maximum atomic E-state index is 12.7. The molecule has 10 heteroatoms. The Morgan fingerprint density at radius 3 is 2.48 bits per heavy atom. The molecule has 1 aromatic rings. The van der Waals surface area contributed by atoms with Gasteiger partial charge in [-0.2, -0.15) is 4.31 Å². The fourth-order valence-corrected chi connectivity index (χ4v) is 4.76. The van der Waals surface area contributed by atoms with Crippen molar-refractivity contribution in [3.63, 3.8) is 0 Å². The minimum Gasteiger partial charge on any atom is -0.379 e. The van der Waals surface area contributed by atoms with E-state index in [1.165, 1.54) is 22.5 Å². The summed E-state index contributed by atoms with van der Waals surface area (Å²) in [5.41, 5.74) is 0.280. The molecule has 1 heterocycles. The van der Waals surface area contributed by atoms with Gasteiger partial charge in [0.15, 0.2) is 0 Å². The van der Waals surface area contributed by atoms with E-state index in [4.69, 9.17) is 16.3 Å². The van der Waals surface area contributed by atoms with Gasteiger partial charge in [-0.25, -0.2) is 8.42 Å². The fourth-order valence-electron chi connectivity index (χ4n) is 2.80. The zero-order valence-corrected chi connectivity index (χ0v) is 18.0. The minimum atomic E-state index is -3.73. The van der Waals surface area contributed by atoms with Crippen LogP contribution in [0, 0.1) is 0 Å². The molecule has 1 amide bonds. The molecule has 0 atom stereocenters. The Hall–Kier alpha value is -0.900. The average Bonchev–Trinajstić information content (AvgIpc) is 2.63. The van der Waals surface area contributed by atoms with Gasteiger partial charge in [-0.05, 0) is 18.2 Å². The minimum absolute atomic E-state index is 0. The number of sulfonamides is 1. The number of ether oxygens (including phenoxy) is 1. The summed E-state index contributed by atoms with van der Waals surface area (Å²) in [4.78, 5) is 14.6. The third-order valence-electron chi connectivity index (χ3n) is 4.33. The van der Waals surface area contributed by atoms with Crippen LogP contribution in [0.15, 0.2) is 23.1 Å². The van der Waals surface area contributed by atoms with Crippen LogP contribution in [0.4, 0.5) is 0 Å². The zero-order chi connectivity index (χ0) is 19.2. The van der Waals surface area contributed by atoms with Crippen molar-refractivity contribution in [2.45, 2.75) is 18.7 Å². The van der Waals surface area contributed by atoms with Gasteiger partial charge in [-0.1, -0.05) is 25.4 Å². The Balaban J connectivity index is 0.00000364. The van der Waals surface area contributed by atoms with Crippen LogP contribution in [0.5, 0.6) is 0 Å². The number of hydrogen-bond donors (Lipinski definition) is 1. The normalized spacial score (nSPS) is 15.4. The summed E-state index contributed by atoms with van der Waals surface area (Å²) in [5, 5.41) is 2.94. The lowest BCUT2D eigenvalue weighted by atomic mass is 10.2. The van der Waals surface area contributed by atoms with E-state index >= 15 is 0 Å². The summed E-state index contributed by atoms with van der Waals surface area (Å²) < 4.78 is 32.0. The number of carbonyl (C=O) groups is 1. The third-order valence-corrected chi connectivity index (χ3v) is 6.87. The highest BCUT2D eigenvalue weighted by molar-refractivity contribution is 7.89. The van der Waals surface area contributed by atoms with Crippen molar-refractivity contribution in [2.75, 3.05) is 52.5 Å². The molecule has 0 saturated carbocycles. The molecule has 1 aliphatic rings. The first-order chi connectivity index (χ1) is 12.4. The van der Waals surface area contributed by atoms with E-state index in [9.17, 15) is 13.2 Å². The van der Waals surface area contributed by atoms with Crippen LogP contribution < -0.4 is 5.32 Å². The SMILES string of the molecule is CCN(CC)S(=O)(=O)c1cc(C(=O)NCCN2CCOCC2)ccc1Cl.Cl. The molecule has 0 radical (unpaired) electrons. The molecule has 1 fully saturated rings. The first-order valence-electron chi connectivity index (χ1n) is 8.78. The molecule has 0 spiro atoms. The molecule has 1 N–H and O–H groups in total. The van der Waals surface area contributed by atoms with Crippen molar-refractivity contribution >= 4 is 39.9 Å². The number of morpholine rings is 1. The van der Waals surface area contributed by atoms with Crippen molar-refractivity contribution in [1.82, 2.24) is 14.5 Å². The summed E-state index contributed by atoms with van der Waals surface area (Å²) >= 11 is 6.09. The monoisotopic (exact) mass is 439 g/mol. The number of nitrogens with one attached hydrogen (secondary N) is 1. The zero-order valence-electron chi connectivity index (χ0n) is 15.6. The molecular weight excluding hydrogens is 413 g/mol. The van der Waals surface area contributed by atoms with Crippen LogP contribution in [0.1, 0.15) is 24.2 Å². The number of hydrogen-bond acceptors (Lipinski definition) is 5. The standard InChI is InChI=1S/C17H26ClN3O4S.ClH/c1-3-21(4-2)26(23,24)16-13-14(5-6-15(16)18)17(22)19-7-8-20-9-11-25-12-10-20;/h5-6,13H,3-4,7-12H2,1-2H3,(H,19,22);1H. The number of benzene rings is 1. The molecule has 0 aliphatic carbocycles. The second-order valence-corrected chi connectivity index (χ2v) is 8.26. The van der Waals surface area contributed by atoms with Crippen LogP contribution in [0.3, 0.4) is 0 Å². The summed E-state index contributed by atoms with van der Waals surface area (Å²) in [6.45, 7) is 8.53. The van der Waals surface area contributed by atoms with Gasteiger partial charge >= 0.3 is 0 Å². The summed E-state index contributed by atoms with van der Waals surface area (Å²) in [5.74, 6) is -0.314. The number of halogens is 2. The van der Waals surface area contributed by atoms with Crippen LogP contribution >= 0.6 is 24.0 Å². The summed E-state index contributed by atoms with van der Waals surface area (Å²) in [6.07, 6.45) is 0. The summed E-state index contributed by atoms with van der Waals surface area (Å²) in [6, 6.07) is 4.34. The number of nitrogens with zero attached hydrogens (tertiary/aromatic N) is 2. The lowest BCUT2D eigenvalue weighted by Gasteiger charge is -2.26. The van der Waals surface area contributed by atoms with E-state index in [1.807, 2.05) is 0 Å². The van der Waals surface area contributed by atoms with E-state index in [-0.39, 0.29) is 33.8 Å². The molecule has 0 aromatic heterocycles. The maximum absolute atomic E-state index is 12.7. The molecule has 1 saturated heterocycles. The lowest BCUT2D eigenvalue weighted by molar-refractivity contribution is 0.0383. The quantitative estimate of drug-likeness (QED) is 0.668. The van der Waals surface area contributed by atoms with E-state index in [0.717, 1.165) is 19.6 Å². The Bertz CT molecular complexity index is 721. The van der Waals surface area contributed by atoms with E-state index in [0.29, 0.717) is 32.8 Å². The van der Waals surface area contributed by atoms with Crippen molar-refractivity contribution in [1.29, 1.82) is 0 Å². The van der Waals surface area contributed by atoms with Crippen LogP contribution in [0.25, 0.3) is 0 Å². The molecule has 27 heavy (non-hydrogen) atoms. The van der Waals surface area contributed by atoms with Gasteiger partial charge in [0.1, 0.15) is 4.90 Å². The molecule has 7 nitrogen and oxygen atoms in total. The second-order valence-electron chi connectivity index (χ2n) is 5.94. The Kier molecular flexibility index (Phi) is 10.0. The highest BCUT2D eigenvalue weighted by atomic mass is 35.5.